The van der Waals surface area contributed by atoms with Crippen molar-refractivity contribution in [3.8, 4) is 0 Å². The maximum Gasteiger partial charge on any atom is 0.338 e. The molecule has 0 aromatic heterocycles. The average molecular weight is 388 g/mol. The van der Waals surface area contributed by atoms with Gasteiger partial charge in [0.2, 0.25) is 15.9 Å². The van der Waals surface area contributed by atoms with E-state index in [-0.39, 0.29) is 12.6 Å². The highest BCUT2D eigenvalue weighted by Gasteiger charge is 2.32. The highest BCUT2D eigenvalue weighted by molar-refractivity contribution is 7.92. The molecular weight excluding hydrogens is 368 g/mol. The summed E-state index contributed by atoms with van der Waals surface area (Å²) in [6, 6.07) is 11.2. The number of carbonyl (C=O) groups excluding carboxylic acids is 2. The van der Waals surface area contributed by atoms with Gasteiger partial charge in [-0.3, -0.25) is 9.10 Å². The van der Waals surface area contributed by atoms with E-state index in [0.29, 0.717) is 28.8 Å². The molecule has 1 amide bonds. The van der Waals surface area contributed by atoms with E-state index in [1.54, 1.807) is 42.5 Å². The molecule has 0 bridgehead atoms. The second-order valence-electron chi connectivity index (χ2n) is 6.60. The summed E-state index contributed by atoms with van der Waals surface area (Å²) in [4.78, 5) is 23.6. The van der Waals surface area contributed by atoms with E-state index in [0.717, 1.165) is 5.56 Å². The maximum atomic E-state index is 12.4. The van der Waals surface area contributed by atoms with Crippen molar-refractivity contribution < 1.29 is 22.7 Å². The number of nitrogens with zero attached hydrogens (tertiary/aromatic N) is 1. The van der Waals surface area contributed by atoms with Crippen LogP contribution in [0, 0.1) is 0 Å². The van der Waals surface area contributed by atoms with Gasteiger partial charge in [-0.05, 0) is 54.8 Å². The number of sulfonamides is 1. The van der Waals surface area contributed by atoms with Crippen LogP contribution in [0.1, 0.15) is 38.8 Å². The SMILES string of the molecule is CC1Cc2cc(C(=O)OCc3cccc(C(N)=O)c3)ccc2N1S(C)(=O)=O. The van der Waals surface area contributed by atoms with Crippen molar-refractivity contribution in [2.45, 2.75) is 26.0 Å². The van der Waals surface area contributed by atoms with Crippen LogP contribution in [0.5, 0.6) is 0 Å². The van der Waals surface area contributed by atoms with Crippen LogP contribution in [-0.4, -0.2) is 32.6 Å². The van der Waals surface area contributed by atoms with Crippen molar-refractivity contribution in [1.29, 1.82) is 0 Å². The van der Waals surface area contributed by atoms with Gasteiger partial charge in [0.15, 0.2) is 0 Å². The fourth-order valence-electron chi connectivity index (χ4n) is 3.28. The minimum atomic E-state index is -3.38. The molecule has 1 unspecified atom stereocenters. The third kappa shape index (κ3) is 3.95. The Kier molecular flexibility index (Phi) is 4.93. The van der Waals surface area contributed by atoms with E-state index in [4.69, 9.17) is 10.5 Å². The average Bonchev–Trinajstić information content (AvgIpc) is 2.94. The maximum absolute atomic E-state index is 12.4. The van der Waals surface area contributed by atoms with Crippen molar-refractivity contribution in [3.63, 3.8) is 0 Å². The minimum absolute atomic E-state index is 0.00288. The standard InChI is InChI=1S/C19H20N2O5S/c1-12-8-16-10-15(6-7-17(16)21(12)27(2,24)25)19(23)26-11-13-4-3-5-14(9-13)18(20)22/h3-7,9-10,12H,8,11H2,1-2H3,(H2,20,22). The van der Waals surface area contributed by atoms with Crippen LogP contribution in [0.15, 0.2) is 42.5 Å². The Morgan fingerprint density at radius 3 is 2.59 bits per heavy atom. The molecule has 3 rings (SSSR count). The Balaban J connectivity index is 1.75. The fraction of sp³-hybridized carbons (Fsp3) is 0.263. The largest absolute Gasteiger partial charge is 0.457 e. The van der Waals surface area contributed by atoms with Gasteiger partial charge < -0.3 is 10.5 Å². The zero-order valence-electron chi connectivity index (χ0n) is 15.0. The van der Waals surface area contributed by atoms with E-state index in [2.05, 4.69) is 0 Å². The molecule has 2 N–H and O–H groups in total. The van der Waals surface area contributed by atoms with Gasteiger partial charge in [-0.1, -0.05) is 12.1 Å². The molecule has 2 aromatic carbocycles. The number of hydrogen-bond acceptors (Lipinski definition) is 5. The van der Waals surface area contributed by atoms with E-state index >= 15 is 0 Å². The number of amides is 1. The molecule has 1 aliphatic rings. The van der Waals surface area contributed by atoms with Gasteiger partial charge in [0.25, 0.3) is 0 Å². The first-order chi connectivity index (χ1) is 12.7. The lowest BCUT2D eigenvalue weighted by molar-refractivity contribution is 0.0472. The number of carbonyl (C=O) groups is 2. The lowest BCUT2D eigenvalue weighted by Gasteiger charge is -2.21. The number of fused-ring (bicyclic) bond motifs is 1. The normalized spacial score (nSPS) is 16.1. The summed E-state index contributed by atoms with van der Waals surface area (Å²) in [7, 11) is -3.38. The highest BCUT2D eigenvalue weighted by atomic mass is 32.2. The third-order valence-corrected chi connectivity index (χ3v) is 5.68. The van der Waals surface area contributed by atoms with E-state index in [9.17, 15) is 18.0 Å². The fourth-order valence-corrected chi connectivity index (χ4v) is 4.55. The summed E-state index contributed by atoms with van der Waals surface area (Å²) in [5.74, 6) is -1.07. The predicted molar refractivity (Wildman–Crippen MR) is 101 cm³/mol. The number of benzene rings is 2. The molecule has 0 fully saturated rings. The number of anilines is 1. The molecule has 1 aliphatic heterocycles. The van der Waals surface area contributed by atoms with E-state index in [1.807, 2.05) is 6.92 Å². The Hall–Kier alpha value is -2.87. The minimum Gasteiger partial charge on any atom is -0.457 e. The van der Waals surface area contributed by atoms with Gasteiger partial charge >= 0.3 is 5.97 Å². The Labute approximate surface area is 157 Å². The van der Waals surface area contributed by atoms with Gasteiger partial charge in [0.1, 0.15) is 6.61 Å². The summed E-state index contributed by atoms with van der Waals surface area (Å²) >= 11 is 0. The highest BCUT2D eigenvalue weighted by Crippen LogP contribution is 2.34. The van der Waals surface area contributed by atoms with Crippen LogP contribution >= 0.6 is 0 Å². The Bertz CT molecular complexity index is 1020. The Morgan fingerprint density at radius 1 is 1.19 bits per heavy atom. The van der Waals surface area contributed by atoms with Crippen LogP contribution in [0.3, 0.4) is 0 Å². The second kappa shape index (κ2) is 7.03. The summed E-state index contributed by atoms with van der Waals surface area (Å²) in [5.41, 5.74) is 7.97. The lowest BCUT2D eigenvalue weighted by Crippen LogP contribution is -2.34. The number of primary amides is 1. The molecule has 7 nitrogen and oxygen atoms in total. The molecule has 0 saturated heterocycles. The predicted octanol–water partition coefficient (Wildman–Crippen LogP) is 1.85. The third-order valence-electron chi connectivity index (χ3n) is 4.41. The molecule has 8 heteroatoms. The number of esters is 1. The van der Waals surface area contributed by atoms with Crippen LogP contribution in [0.4, 0.5) is 5.69 Å². The molecule has 142 valence electrons. The van der Waals surface area contributed by atoms with Gasteiger partial charge in [-0.25, -0.2) is 13.2 Å². The molecular formula is C19H20N2O5S. The van der Waals surface area contributed by atoms with Crippen LogP contribution < -0.4 is 10.0 Å². The molecule has 0 saturated carbocycles. The molecule has 0 aliphatic carbocycles. The molecule has 2 aromatic rings. The summed E-state index contributed by atoms with van der Waals surface area (Å²) in [6.45, 7) is 1.83. The molecule has 27 heavy (non-hydrogen) atoms. The molecule has 1 heterocycles. The van der Waals surface area contributed by atoms with Gasteiger partial charge in [0.05, 0.1) is 17.5 Å². The number of ether oxygens (including phenoxy) is 1. The summed E-state index contributed by atoms with van der Waals surface area (Å²) in [5, 5.41) is 0. The van der Waals surface area contributed by atoms with Crippen molar-refractivity contribution >= 4 is 27.6 Å². The first-order valence-electron chi connectivity index (χ1n) is 8.35. The smallest absolute Gasteiger partial charge is 0.338 e. The van der Waals surface area contributed by atoms with Crippen molar-refractivity contribution in [2.24, 2.45) is 5.73 Å². The van der Waals surface area contributed by atoms with Gasteiger partial charge in [-0.15, -0.1) is 0 Å². The van der Waals surface area contributed by atoms with Crippen molar-refractivity contribution in [2.75, 3.05) is 10.6 Å². The molecule has 0 radical (unpaired) electrons. The van der Waals surface area contributed by atoms with Crippen LogP contribution in [0.25, 0.3) is 0 Å². The number of rotatable bonds is 5. The number of nitrogens with two attached hydrogens (primary N) is 1. The summed E-state index contributed by atoms with van der Waals surface area (Å²) < 4.78 is 30.6. The van der Waals surface area contributed by atoms with Gasteiger partial charge in [-0.2, -0.15) is 0 Å². The second-order valence-corrected chi connectivity index (χ2v) is 8.46. The number of hydrogen-bond donors (Lipinski definition) is 1. The summed E-state index contributed by atoms with van der Waals surface area (Å²) in [6.07, 6.45) is 1.70. The monoisotopic (exact) mass is 388 g/mol. The zero-order chi connectivity index (χ0) is 19.8. The zero-order valence-corrected chi connectivity index (χ0v) is 15.8. The first kappa shape index (κ1) is 18.9. The van der Waals surface area contributed by atoms with Crippen LogP contribution in [0.2, 0.25) is 0 Å². The van der Waals surface area contributed by atoms with Crippen molar-refractivity contribution in [1.82, 2.24) is 0 Å². The van der Waals surface area contributed by atoms with E-state index < -0.39 is 21.9 Å². The molecule has 1 atom stereocenters. The Morgan fingerprint density at radius 2 is 1.93 bits per heavy atom. The quantitative estimate of drug-likeness (QED) is 0.787. The van der Waals surface area contributed by atoms with Crippen LogP contribution in [-0.2, 0) is 27.8 Å². The molecule has 0 spiro atoms. The first-order valence-corrected chi connectivity index (χ1v) is 10.2. The van der Waals surface area contributed by atoms with E-state index in [1.165, 1.54) is 10.6 Å². The van der Waals surface area contributed by atoms with Crippen molar-refractivity contribution in [3.05, 3.63) is 64.7 Å². The lowest BCUT2D eigenvalue weighted by atomic mass is 10.1. The topological polar surface area (TPSA) is 107 Å². The van der Waals surface area contributed by atoms with Gasteiger partial charge in [0, 0.05) is 11.6 Å².